The van der Waals surface area contributed by atoms with Gasteiger partial charge in [0.05, 0.1) is 0 Å². The highest BCUT2D eigenvalue weighted by molar-refractivity contribution is 8.17. The van der Waals surface area contributed by atoms with Crippen molar-refractivity contribution in [2.75, 3.05) is 13.3 Å². The first-order chi connectivity index (χ1) is 6.39. The fourth-order valence-electron chi connectivity index (χ4n) is 1.05. The van der Waals surface area contributed by atoms with Gasteiger partial charge in [-0.2, -0.15) is 0 Å². The van der Waals surface area contributed by atoms with E-state index in [9.17, 15) is 4.79 Å². The van der Waals surface area contributed by atoms with Gasteiger partial charge < -0.3 is 4.74 Å². The monoisotopic (exact) mass is 228 g/mol. The van der Waals surface area contributed by atoms with Gasteiger partial charge in [-0.15, -0.1) is 0 Å². The van der Waals surface area contributed by atoms with Crippen molar-refractivity contribution in [1.82, 2.24) is 0 Å². The second-order valence-corrected chi connectivity index (χ2v) is 9.40. The molecule has 1 aromatic carbocycles. The first-order valence-corrected chi connectivity index (χ1v) is 7.93. The molecule has 0 saturated carbocycles. The molecule has 76 valence electrons. The Morgan fingerprint density at radius 1 is 1.43 bits per heavy atom. The molecule has 2 nitrogen and oxygen atoms in total. The van der Waals surface area contributed by atoms with Crippen molar-refractivity contribution in [2.45, 2.75) is 6.92 Å². The van der Waals surface area contributed by atoms with Gasteiger partial charge in [0.25, 0.3) is 0 Å². The fourth-order valence-corrected chi connectivity index (χ4v) is 2.27. The second kappa shape index (κ2) is 4.24. The normalized spacial score (nSPS) is 11.1. The molecule has 0 amide bonds. The van der Waals surface area contributed by atoms with Gasteiger partial charge in [-0.1, -0.05) is 23.9 Å². The van der Waals surface area contributed by atoms with E-state index >= 15 is 0 Å². The van der Waals surface area contributed by atoms with Crippen LogP contribution in [0.4, 0.5) is 0 Å². The summed E-state index contributed by atoms with van der Waals surface area (Å²) < 4.78 is 4.98. The van der Waals surface area contributed by atoms with Crippen LogP contribution < -0.4 is 10.0 Å². The van der Waals surface area contributed by atoms with Crippen molar-refractivity contribution in [3.63, 3.8) is 0 Å². The molecule has 0 unspecified atom stereocenters. The molecular weight excluding hydrogens is 215 g/mol. The third-order valence-corrected chi connectivity index (χ3v) is 3.86. The summed E-state index contributed by atoms with van der Waals surface area (Å²) in [5, 5.41) is 1.09. The van der Waals surface area contributed by atoms with Crippen molar-refractivity contribution in [1.29, 1.82) is 0 Å². The summed E-state index contributed by atoms with van der Waals surface area (Å²) in [4.78, 5) is 10.7. The van der Waals surface area contributed by atoms with Crippen LogP contribution >= 0.6 is 6.04 Å². The lowest BCUT2D eigenvalue weighted by Gasteiger charge is -2.11. The Hall–Kier alpha value is -0.660. The summed E-state index contributed by atoms with van der Waals surface area (Å²) in [7, 11) is 0. The molecule has 0 bridgehead atoms. The molecule has 1 aromatic rings. The third kappa shape index (κ3) is 3.24. The van der Waals surface area contributed by atoms with Gasteiger partial charge in [0.1, 0.15) is 5.75 Å². The number of carbonyl (C=O) groups is 1. The molecular formula is C10H13O2PS. The molecule has 0 aliphatic carbocycles. The molecule has 0 saturated heterocycles. The molecule has 14 heavy (non-hydrogen) atoms. The number of rotatable bonds is 2. The maximum absolute atomic E-state index is 10.7. The lowest BCUT2D eigenvalue weighted by molar-refractivity contribution is -0.131. The number of ether oxygens (including phenoxy) is 1. The summed E-state index contributed by atoms with van der Waals surface area (Å²) >= 11 is 5.40. The zero-order valence-corrected chi connectivity index (χ0v) is 10.2. The van der Waals surface area contributed by atoms with Crippen LogP contribution in [0.15, 0.2) is 24.3 Å². The van der Waals surface area contributed by atoms with E-state index in [0.717, 1.165) is 5.30 Å². The molecule has 0 heterocycles. The zero-order valence-electron chi connectivity index (χ0n) is 8.48. The highest BCUT2D eigenvalue weighted by Crippen LogP contribution is 2.35. The predicted molar refractivity (Wildman–Crippen MR) is 63.5 cm³/mol. The van der Waals surface area contributed by atoms with Crippen LogP contribution in [0.1, 0.15) is 6.92 Å². The van der Waals surface area contributed by atoms with Crippen LogP contribution in [0, 0.1) is 0 Å². The standard InChI is InChI=1S/C10H13O2PS/c1-8(11)12-9-5-4-6-10(7-9)13(2,3)14/h4-7H,1-3H3. The van der Waals surface area contributed by atoms with Crippen LogP contribution in [0.5, 0.6) is 5.75 Å². The van der Waals surface area contributed by atoms with Crippen molar-refractivity contribution in [2.24, 2.45) is 0 Å². The quantitative estimate of drug-likeness (QED) is 0.440. The largest absolute Gasteiger partial charge is 0.427 e. The van der Waals surface area contributed by atoms with Crippen LogP contribution in [0.2, 0.25) is 0 Å². The van der Waals surface area contributed by atoms with Crippen LogP contribution in [0.3, 0.4) is 0 Å². The molecule has 0 aromatic heterocycles. The summed E-state index contributed by atoms with van der Waals surface area (Å²) in [5.74, 6) is 0.274. The Morgan fingerprint density at radius 2 is 2.07 bits per heavy atom. The lowest BCUT2D eigenvalue weighted by Crippen LogP contribution is -2.06. The van der Waals surface area contributed by atoms with Crippen molar-refractivity contribution >= 4 is 29.1 Å². The van der Waals surface area contributed by atoms with Crippen LogP contribution in [-0.2, 0) is 16.6 Å². The molecule has 0 N–H and O–H groups in total. The summed E-state index contributed by atoms with van der Waals surface area (Å²) in [6.07, 6.45) is 0. The molecule has 0 spiro atoms. The Kier molecular flexibility index (Phi) is 3.46. The van der Waals surface area contributed by atoms with Crippen molar-refractivity contribution in [3.8, 4) is 5.75 Å². The number of carbonyl (C=O) groups excluding carboxylic acids is 1. The third-order valence-electron chi connectivity index (χ3n) is 1.70. The van der Waals surface area contributed by atoms with Crippen molar-refractivity contribution in [3.05, 3.63) is 24.3 Å². The topological polar surface area (TPSA) is 26.3 Å². The Bertz CT molecular complexity index is 395. The van der Waals surface area contributed by atoms with E-state index in [1.54, 1.807) is 6.07 Å². The molecule has 0 fully saturated rings. The van der Waals surface area contributed by atoms with E-state index in [1.165, 1.54) is 6.92 Å². The first kappa shape index (κ1) is 11.4. The molecule has 0 atom stereocenters. The number of benzene rings is 1. The van der Waals surface area contributed by atoms with Gasteiger partial charge in [-0.05, 0) is 36.8 Å². The predicted octanol–water partition coefficient (Wildman–Crippen LogP) is 1.98. The second-order valence-electron chi connectivity index (χ2n) is 3.44. The van der Waals surface area contributed by atoms with Gasteiger partial charge >= 0.3 is 5.97 Å². The van der Waals surface area contributed by atoms with E-state index < -0.39 is 6.04 Å². The minimum absolute atomic E-state index is 0.303. The molecule has 0 aliphatic rings. The van der Waals surface area contributed by atoms with Gasteiger partial charge in [0, 0.05) is 6.92 Å². The fraction of sp³-hybridized carbons (Fsp3) is 0.300. The molecule has 4 heteroatoms. The maximum Gasteiger partial charge on any atom is 0.308 e. The van der Waals surface area contributed by atoms with E-state index in [4.69, 9.17) is 16.5 Å². The van der Waals surface area contributed by atoms with Gasteiger partial charge in [-0.3, -0.25) is 4.79 Å². The smallest absolute Gasteiger partial charge is 0.308 e. The summed E-state index contributed by atoms with van der Waals surface area (Å²) in [6.45, 7) is 5.49. The lowest BCUT2D eigenvalue weighted by atomic mass is 10.3. The van der Waals surface area contributed by atoms with Crippen LogP contribution in [0.25, 0.3) is 0 Å². The SMILES string of the molecule is CC(=O)Oc1cccc(P(C)(C)=S)c1. The maximum atomic E-state index is 10.7. The van der Waals surface area contributed by atoms with E-state index in [-0.39, 0.29) is 5.97 Å². The molecule has 1 rings (SSSR count). The van der Waals surface area contributed by atoms with Gasteiger partial charge in [-0.25, -0.2) is 0 Å². The van der Waals surface area contributed by atoms with Crippen molar-refractivity contribution < 1.29 is 9.53 Å². The average molecular weight is 228 g/mol. The number of hydrogen-bond donors (Lipinski definition) is 0. The highest BCUT2D eigenvalue weighted by Gasteiger charge is 2.07. The van der Waals surface area contributed by atoms with E-state index in [1.807, 2.05) is 18.2 Å². The highest BCUT2D eigenvalue weighted by atomic mass is 32.4. The number of esters is 1. The Balaban J connectivity index is 3.02. The minimum atomic E-state index is -1.45. The minimum Gasteiger partial charge on any atom is -0.427 e. The molecule has 0 aliphatic heterocycles. The summed E-state index contributed by atoms with van der Waals surface area (Å²) in [6, 6.07) is 6.01. The van der Waals surface area contributed by atoms with Crippen LogP contribution in [-0.4, -0.2) is 19.3 Å². The number of hydrogen-bond acceptors (Lipinski definition) is 3. The Morgan fingerprint density at radius 3 is 2.57 bits per heavy atom. The van der Waals surface area contributed by atoms with E-state index in [0.29, 0.717) is 5.75 Å². The zero-order chi connectivity index (χ0) is 10.8. The molecule has 0 radical (unpaired) electrons. The Labute approximate surface area is 89.3 Å². The van der Waals surface area contributed by atoms with Gasteiger partial charge in [0.15, 0.2) is 0 Å². The average Bonchev–Trinajstić information content (AvgIpc) is 2.01. The van der Waals surface area contributed by atoms with Gasteiger partial charge in [0.2, 0.25) is 0 Å². The van der Waals surface area contributed by atoms with E-state index in [2.05, 4.69) is 13.3 Å². The summed E-state index contributed by atoms with van der Waals surface area (Å²) in [5.41, 5.74) is 0. The first-order valence-electron chi connectivity index (χ1n) is 4.23.